The summed E-state index contributed by atoms with van der Waals surface area (Å²) in [5.74, 6) is -7.73. The number of fused-ring (bicyclic) bond motifs is 1. The predicted octanol–water partition coefficient (Wildman–Crippen LogP) is 5.63. The van der Waals surface area contributed by atoms with E-state index in [0.29, 0.717) is 66.6 Å². The van der Waals surface area contributed by atoms with Crippen molar-refractivity contribution in [2.75, 3.05) is 41.8 Å². The number of aromatic carboxylic acids is 2. The van der Waals surface area contributed by atoms with E-state index >= 15 is 0 Å². The Kier molecular flexibility index (Phi) is 20.7. The molecule has 1 atom stereocenters. The summed E-state index contributed by atoms with van der Waals surface area (Å²) >= 11 is 0. The van der Waals surface area contributed by atoms with Crippen LogP contribution in [0.15, 0.2) is 59.8 Å². The highest BCUT2D eigenvalue weighted by Crippen LogP contribution is 2.50. The molecule has 1 unspecified atom stereocenters. The van der Waals surface area contributed by atoms with Crippen LogP contribution in [-0.4, -0.2) is 121 Å². The van der Waals surface area contributed by atoms with Crippen LogP contribution in [0.25, 0.3) is 0 Å². The third kappa shape index (κ3) is 17.3. The van der Waals surface area contributed by atoms with Crippen LogP contribution < -0.4 is 15.5 Å². The number of anilines is 1. The minimum absolute atomic E-state index is 0.0349. The van der Waals surface area contributed by atoms with Gasteiger partial charge in [-0.1, -0.05) is 64.3 Å². The lowest BCUT2D eigenvalue weighted by atomic mass is 9.80. The number of allylic oxidation sites excluding steroid dienone is 6. The van der Waals surface area contributed by atoms with Gasteiger partial charge in [0.25, 0.3) is 42.2 Å². The molecule has 1 aliphatic heterocycles. The zero-order valence-corrected chi connectivity index (χ0v) is 40.8. The highest BCUT2D eigenvalue weighted by atomic mass is 32.2. The molecule has 20 nitrogen and oxygen atoms in total. The van der Waals surface area contributed by atoms with Crippen LogP contribution in [0.3, 0.4) is 0 Å². The standard InChI is InChI=1S/C45H61N3O17S3/c1-5-29(17-18-30(14-9-11-22-66(57,58)59)34-26-32(43(53)54)27-35(44(55)56)33(34)6-2)13-12-15-38-45(3,4)40-36(42(52)47-20-24-68(63,64)65)25-31(41(51)46-19-23-67(60,61)62)28-37(40)48(38)21-10-7-8-16-39(49)50/h12-13,15,17,25-28,30H,5-11,14,16,18-24H2,1-4H3,(H,46,51)(H,47,52)(H,49,50)(H,53,54)(H,55,56)(H,57,58,59)(H,60,61,62)(H,63,64,65)/b13-12+,29-17-,38-15+. The number of carboxylic acids is 3. The molecule has 0 saturated carbocycles. The molecule has 1 heterocycles. The summed E-state index contributed by atoms with van der Waals surface area (Å²) in [5, 5.41) is 34.0. The molecule has 0 bridgehead atoms. The van der Waals surface area contributed by atoms with Crippen LogP contribution in [0, 0.1) is 0 Å². The smallest absolute Gasteiger partial charge is 0.335 e. The van der Waals surface area contributed by atoms with Crippen molar-refractivity contribution in [2.45, 2.75) is 103 Å². The zero-order chi connectivity index (χ0) is 51.2. The Labute approximate surface area is 396 Å². The Hall–Kier alpha value is -5.46. The van der Waals surface area contributed by atoms with Gasteiger partial charge in [-0.15, -0.1) is 0 Å². The van der Waals surface area contributed by atoms with E-state index in [1.165, 1.54) is 18.2 Å². The highest BCUT2D eigenvalue weighted by molar-refractivity contribution is 7.86. The average molecular weight is 1010 g/mol. The van der Waals surface area contributed by atoms with Gasteiger partial charge in [0.2, 0.25) is 0 Å². The van der Waals surface area contributed by atoms with Crippen molar-refractivity contribution in [2.24, 2.45) is 0 Å². The summed E-state index contributed by atoms with van der Waals surface area (Å²) in [6.07, 6.45) is 10.3. The molecular weight excluding hydrogens is 951 g/mol. The van der Waals surface area contributed by atoms with Crippen LogP contribution in [0.2, 0.25) is 0 Å². The second-order valence-electron chi connectivity index (χ2n) is 16.8. The van der Waals surface area contributed by atoms with E-state index in [2.05, 4.69) is 10.6 Å². The first-order valence-corrected chi connectivity index (χ1v) is 26.7. The largest absolute Gasteiger partial charge is 0.481 e. The highest BCUT2D eigenvalue weighted by Gasteiger charge is 2.43. The minimum atomic E-state index is -4.47. The SMILES string of the molecule is CCC(=C/CC(CCCCS(=O)(=O)O)c1cc(C(=O)O)cc(C(=O)O)c1CC)/C=C/C=C1/N(CCCCCC(=O)O)c2cc(C(=O)NCCS(=O)(=O)O)cc(C(=O)NCCS(=O)(=O)O)c2C1(C)C. The number of benzene rings is 2. The van der Waals surface area contributed by atoms with Gasteiger partial charge in [-0.05, 0) is 92.3 Å². The summed E-state index contributed by atoms with van der Waals surface area (Å²) in [4.78, 5) is 64.9. The Morgan fingerprint density at radius 3 is 1.87 bits per heavy atom. The van der Waals surface area contributed by atoms with Crippen molar-refractivity contribution in [1.82, 2.24) is 10.6 Å². The van der Waals surface area contributed by atoms with Crippen LogP contribution in [-0.2, 0) is 47.0 Å². The number of aliphatic carboxylic acids is 1. The lowest BCUT2D eigenvalue weighted by Crippen LogP contribution is -2.32. The van der Waals surface area contributed by atoms with Crippen molar-refractivity contribution in [3.8, 4) is 0 Å². The number of hydrogen-bond donors (Lipinski definition) is 8. The molecular formula is C45H61N3O17S3. The molecule has 0 spiro atoms. The summed E-state index contributed by atoms with van der Waals surface area (Å²) in [5.41, 5.74) is 1.67. The summed E-state index contributed by atoms with van der Waals surface area (Å²) in [7, 11) is -13.2. The zero-order valence-electron chi connectivity index (χ0n) is 38.4. The molecule has 2 amide bonds. The van der Waals surface area contributed by atoms with Crippen LogP contribution in [0.4, 0.5) is 5.69 Å². The van der Waals surface area contributed by atoms with Crippen LogP contribution in [0.5, 0.6) is 0 Å². The van der Waals surface area contributed by atoms with E-state index in [4.69, 9.17) is 0 Å². The quantitative estimate of drug-likeness (QED) is 0.0291. The number of carbonyl (C=O) groups excluding carboxylic acids is 2. The average Bonchev–Trinajstić information content (AvgIpc) is 3.44. The minimum Gasteiger partial charge on any atom is -0.481 e. The molecule has 0 saturated heterocycles. The number of carboxylic acid groups (broad SMARTS) is 3. The number of rotatable bonds is 28. The fraction of sp³-hybridized carbons (Fsp3) is 0.489. The van der Waals surface area contributed by atoms with Gasteiger partial charge in [-0.2, -0.15) is 25.3 Å². The number of unbranched alkanes of at least 4 members (excludes halogenated alkanes) is 3. The van der Waals surface area contributed by atoms with E-state index in [-0.39, 0.29) is 54.5 Å². The van der Waals surface area contributed by atoms with Crippen molar-refractivity contribution in [3.05, 3.63) is 98.8 Å². The molecule has 3 rings (SSSR count). The van der Waals surface area contributed by atoms with Gasteiger partial charge in [-0.3, -0.25) is 28.0 Å². The lowest BCUT2D eigenvalue weighted by molar-refractivity contribution is -0.137. The predicted molar refractivity (Wildman–Crippen MR) is 253 cm³/mol. The van der Waals surface area contributed by atoms with Gasteiger partial charge in [0.15, 0.2) is 0 Å². The molecule has 0 fully saturated rings. The van der Waals surface area contributed by atoms with Crippen molar-refractivity contribution in [3.63, 3.8) is 0 Å². The molecule has 0 radical (unpaired) electrons. The number of nitrogens with one attached hydrogen (secondary N) is 2. The summed E-state index contributed by atoms with van der Waals surface area (Å²) < 4.78 is 96.5. The van der Waals surface area contributed by atoms with Crippen LogP contribution >= 0.6 is 0 Å². The maximum atomic E-state index is 13.9. The van der Waals surface area contributed by atoms with Crippen LogP contribution in [0.1, 0.15) is 150 Å². The third-order valence-corrected chi connectivity index (χ3v) is 13.7. The van der Waals surface area contributed by atoms with Gasteiger partial charge in [-0.25, -0.2) is 9.59 Å². The van der Waals surface area contributed by atoms with Gasteiger partial charge in [0.05, 0.1) is 28.4 Å². The number of amides is 2. The number of nitrogens with zero attached hydrogens (tertiary/aromatic N) is 1. The Balaban J connectivity index is 2.19. The lowest BCUT2D eigenvalue weighted by Gasteiger charge is -2.27. The molecule has 376 valence electrons. The monoisotopic (exact) mass is 1010 g/mol. The number of hydrogen-bond acceptors (Lipinski definition) is 12. The number of carbonyl (C=O) groups is 5. The first-order chi connectivity index (χ1) is 31.6. The van der Waals surface area contributed by atoms with E-state index in [1.54, 1.807) is 19.1 Å². The first-order valence-electron chi connectivity index (χ1n) is 21.9. The molecule has 68 heavy (non-hydrogen) atoms. The van der Waals surface area contributed by atoms with E-state index in [1.807, 2.05) is 37.8 Å². The van der Waals surface area contributed by atoms with Gasteiger partial charge < -0.3 is 30.9 Å². The van der Waals surface area contributed by atoms with E-state index < -0.39 is 102 Å². The molecule has 2 aromatic carbocycles. The van der Waals surface area contributed by atoms with Crippen molar-refractivity contribution in [1.29, 1.82) is 0 Å². The molecule has 2 aromatic rings. The van der Waals surface area contributed by atoms with Crippen molar-refractivity contribution >= 4 is 65.8 Å². The maximum absolute atomic E-state index is 13.9. The Bertz CT molecular complexity index is 2650. The first kappa shape index (κ1) is 56.9. The topological polar surface area (TPSA) is 336 Å². The normalized spacial score (nSPS) is 15.1. The fourth-order valence-corrected chi connectivity index (χ4v) is 9.47. The maximum Gasteiger partial charge on any atom is 0.335 e. The van der Waals surface area contributed by atoms with E-state index in [9.17, 15) is 78.2 Å². The Morgan fingerprint density at radius 2 is 1.32 bits per heavy atom. The van der Waals surface area contributed by atoms with Gasteiger partial charge in [0, 0.05) is 59.5 Å². The molecule has 23 heteroatoms. The third-order valence-electron chi connectivity index (χ3n) is 11.4. The molecule has 0 aliphatic carbocycles. The van der Waals surface area contributed by atoms with E-state index in [0.717, 1.165) is 11.6 Å². The molecule has 8 N–H and O–H groups in total. The summed E-state index contributed by atoms with van der Waals surface area (Å²) in [6, 6.07) is 5.32. The summed E-state index contributed by atoms with van der Waals surface area (Å²) in [6.45, 7) is 6.60. The molecule has 1 aliphatic rings. The van der Waals surface area contributed by atoms with Crippen molar-refractivity contribution < 1.29 is 78.2 Å². The second-order valence-corrected chi connectivity index (χ2v) is 21.5. The van der Waals surface area contributed by atoms with Gasteiger partial charge in [0.1, 0.15) is 0 Å². The fourth-order valence-electron chi connectivity index (χ4n) is 8.18. The van der Waals surface area contributed by atoms with Gasteiger partial charge >= 0.3 is 17.9 Å². The Morgan fingerprint density at radius 1 is 0.721 bits per heavy atom. The second kappa shape index (κ2) is 24.7. The molecule has 0 aromatic heterocycles.